The second-order valence-corrected chi connectivity index (χ2v) is 8.14. The summed E-state index contributed by atoms with van der Waals surface area (Å²) in [5.74, 6) is 0.631. The van der Waals surface area contributed by atoms with Crippen molar-refractivity contribution in [2.24, 2.45) is 0 Å². The Labute approximate surface area is 138 Å². The van der Waals surface area contributed by atoms with Gasteiger partial charge in [0.15, 0.2) is 0 Å². The van der Waals surface area contributed by atoms with E-state index in [1.807, 2.05) is 18.2 Å². The highest BCUT2D eigenvalue weighted by molar-refractivity contribution is 7.92. The molecule has 126 valence electrons. The van der Waals surface area contributed by atoms with Crippen molar-refractivity contribution >= 4 is 26.6 Å². The van der Waals surface area contributed by atoms with E-state index < -0.39 is 10.0 Å². The van der Waals surface area contributed by atoms with Crippen LogP contribution in [0.4, 0.5) is 5.69 Å². The van der Waals surface area contributed by atoms with Gasteiger partial charge in [0.05, 0.1) is 5.75 Å². The Morgan fingerprint density at radius 1 is 1.26 bits per heavy atom. The molecule has 6 heteroatoms. The minimum atomic E-state index is -3.24. The number of hydrogen-bond donors (Lipinski definition) is 2. The number of anilines is 1. The van der Waals surface area contributed by atoms with Gasteiger partial charge in [0.25, 0.3) is 0 Å². The van der Waals surface area contributed by atoms with Crippen LogP contribution in [0.15, 0.2) is 24.4 Å². The average Bonchev–Trinajstić information content (AvgIpc) is 2.93. The van der Waals surface area contributed by atoms with E-state index >= 15 is 0 Å². The van der Waals surface area contributed by atoms with Crippen molar-refractivity contribution in [2.75, 3.05) is 23.6 Å². The van der Waals surface area contributed by atoms with Crippen molar-refractivity contribution in [3.8, 4) is 0 Å². The molecule has 0 spiro atoms. The maximum Gasteiger partial charge on any atom is 0.232 e. The van der Waals surface area contributed by atoms with E-state index in [0.717, 1.165) is 32.5 Å². The highest BCUT2D eigenvalue weighted by Gasteiger charge is 2.20. The second-order valence-electron chi connectivity index (χ2n) is 6.13. The first-order valence-corrected chi connectivity index (χ1v) is 10.0. The second kappa shape index (κ2) is 6.53. The normalized spacial score (nSPS) is 16.8. The maximum atomic E-state index is 11.8. The molecule has 5 nitrogen and oxygen atoms in total. The van der Waals surface area contributed by atoms with Crippen LogP contribution in [0.5, 0.6) is 0 Å². The molecule has 0 aliphatic carbocycles. The highest BCUT2D eigenvalue weighted by atomic mass is 32.2. The van der Waals surface area contributed by atoms with E-state index in [2.05, 4.69) is 27.7 Å². The van der Waals surface area contributed by atoms with E-state index in [4.69, 9.17) is 0 Å². The van der Waals surface area contributed by atoms with Gasteiger partial charge >= 0.3 is 0 Å². The van der Waals surface area contributed by atoms with Crippen LogP contribution in [-0.4, -0.2) is 31.8 Å². The Morgan fingerprint density at radius 2 is 2.00 bits per heavy atom. The topological polar surface area (TPSA) is 63.1 Å². The summed E-state index contributed by atoms with van der Waals surface area (Å²) in [5.41, 5.74) is 3.18. The molecule has 1 aliphatic heterocycles. The van der Waals surface area contributed by atoms with Crippen LogP contribution in [0, 0.1) is 0 Å². The monoisotopic (exact) mass is 335 g/mol. The molecular formula is C17H25N3O2S. The molecule has 1 aliphatic rings. The van der Waals surface area contributed by atoms with Gasteiger partial charge < -0.3 is 9.88 Å². The highest BCUT2D eigenvalue weighted by Crippen LogP contribution is 2.34. The van der Waals surface area contributed by atoms with Crippen LogP contribution < -0.4 is 10.0 Å². The zero-order chi connectivity index (χ0) is 16.4. The van der Waals surface area contributed by atoms with Crippen molar-refractivity contribution in [1.29, 1.82) is 0 Å². The zero-order valence-electron chi connectivity index (χ0n) is 13.8. The molecule has 1 saturated heterocycles. The van der Waals surface area contributed by atoms with Crippen molar-refractivity contribution in [3.05, 3.63) is 30.0 Å². The first-order chi connectivity index (χ1) is 11.0. The average molecular weight is 335 g/mol. The van der Waals surface area contributed by atoms with E-state index in [1.54, 1.807) is 6.92 Å². The lowest BCUT2D eigenvalue weighted by atomic mass is 9.90. The third kappa shape index (κ3) is 3.38. The van der Waals surface area contributed by atoms with Crippen LogP contribution in [0.25, 0.3) is 10.9 Å². The number of rotatable bonds is 5. The number of sulfonamides is 1. The molecule has 23 heavy (non-hydrogen) atoms. The lowest BCUT2D eigenvalue weighted by Gasteiger charge is -2.22. The molecule has 0 saturated carbocycles. The Balaban J connectivity index is 2.04. The molecule has 0 atom stereocenters. The standard InChI is InChI=1S/C17H25N3O2S/c1-3-20-12-16(13-7-9-18-10-8-13)15-11-14(5-6-17(15)20)19-23(21,22)4-2/h5-6,11-13,18-19H,3-4,7-10H2,1-2H3. The molecule has 1 aromatic heterocycles. The molecule has 3 rings (SSSR count). The third-order valence-corrected chi connectivity index (χ3v) is 5.99. The number of hydrogen-bond acceptors (Lipinski definition) is 3. The van der Waals surface area contributed by atoms with Gasteiger partial charge in [0.1, 0.15) is 0 Å². The van der Waals surface area contributed by atoms with Gasteiger partial charge in [-0.3, -0.25) is 4.72 Å². The van der Waals surface area contributed by atoms with E-state index in [9.17, 15) is 8.42 Å². The smallest absolute Gasteiger partial charge is 0.232 e. The van der Waals surface area contributed by atoms with Crippen molar-refractivity contribution in [3.63, 3.8) is 0 Å². The van der Waals surface area contributed by atoms with Gasteiger partial charge in [-0.2, -0.15) is 0 Å². The van der Waals surface area contributed by atoms with Gasteiger partial charge in [-0.1, -0.05) is 0 Å². The number of nitrogens with one attached hydrogen (secondary N) is 2. The molecule has 0 bridgehead atoms. The summed E-state index contributed by atoms with van der Waals surface area (Å²) < 4.78 is 28.6. The molecule has 2 N–H and O–H groups in total. The summed E-state index contributed by atoms with van der Waals surface area (Å²) in [5, 5.41) is 4.58. The number of piperidine rings is 1. The Morgan fingerprint density at radius 3 is 2.65 bits per heavy atom. The Kier molecular flexibility index (Phi) is 4.64. The molecule has 2 aromatic rings. The van der Waals surface area contributed by atoms with Gasteiger partial charge in [0.2, 0.25) is 10.0 Å². The summed E-state index contributed by atoms with van der Waals surface area (Å²) in [6.07, 6.45) is 4.51. The Bertz CT molecular complexity index is 790. The predicted molar refractivity (Wildman–Crippen MR) is 95.5 cm³/mol. The third-order valence-electron chi connectivity index (χ3n) is 4.68. The molecule has 2 heterocycles. The summed E-state index contributed by atoms with van der Waals surface area (Å²) in [6.45, 7) is 6.80. The zero-order valence-corrected chi connectivity index (χ0v) is 14.6. The number of nitrogens with zero attached hydrogens (tertiary/aromatic N) is 1. The van der Waals surface area contributed by atoms with Crippen LogP contribution >= 0.6 is 0 Å². The maximum absolute atomic E-state index is 11.8. The molecule has 0 unspecified atom stereocenters. The van der Waals surface area contributed by atoms with Crippen LogP contribution in [0.1, 0.15) is 38.2 Å². The fourth-order valence-corrected chi connectivity index (χ4v) is 3.99. The number of fused-ring (bicyclic) bond motifs is 1. The number of aromatic nitrogens is 1. The molecular weight excluding hydrogens is 310 g/mol. The number of benzene rings is 1. The fraction of sp³-hybridized carbons (Fsp3) is 0.529. The first-order valence-electron chi connectivity index (χ1n) is 8.38. The van der Waals surface area contributed by atoms with Crippen LogP contribution in [0.2, 0.25) is 0 Å². The largest absolute Gasteiger partial charge is 0.347 e. The summed E-state index contributed by atoms with van der Waals surface area (Å²) >= 11 is 0. The van der Waals surface area contributed by atoms with Crippen molar-refractivity contribution < 1.29 is 8.42 Å². The van der Waals surface area contributed by atoms with Gasteiger partial charge in [0, 0.05) is 29.3 Å². The summed E-state index contributed by atoms with van der Waals surface area (Å²) in [7, 11) is -3.24. The van der Waals surface area contributed by atoms with Gasteiger partial charge in [-0.05, 0) is 69.5 Å². The van der Waals surface area contributed by atoms with E-state index in [0.29, 0.717) is 11.6 Å². The molecule has 0 amide bonds. The van der Waals surface area contributed by atoms with Crippen LogP contribution in [0.3, 0.4) is 0 Å². The quantitative estimate of drug-likeness (QED) is 0.883. The first kappa shape index (κ1) is 16.3. The van der Waals surface area contributed by atoms with E-state index in [-0.39, 0.29) is 5.75 Å². The lowest BCUT2D eigenvalue weighted by molar-refractivity contribution is 0.461. The fourth-order valence-electron chi connectivity index (χ4n) is 3.36. The Hall–Kier alpha value is -1.53. The molecule has 0 radical (unpaired) electrons. The van der Waals surface area contributed by atoms with Crippen molar-refractivity contribution in [2.45, 2.75) is 39.2 Å². The van der Waals surface area contributed by atoms with Crippen LogP contribution in [-0.2, 0) is 16.6 Å². The summed E-state index contributed by atoms with van der Waals surface area (Å²) in [6, 6.07) is 5.87. The predicted octanol–water partition coefficient (Wildman–Crippen LogP) is 2.89. The SMILES string of the molecule is CCn1cc(C2CCNCC2)c2cc(NS(=O)(=O)CC)ccc21. The minimum absolute atomic E-state index is 0.0855. The van der Waals surface area contributed by atoms with E-state index in [1.165, 1.54) is 16.5 Å². The number of aryl methyl sites for hydroxylation is 1. The lowest BCUT2D eigenvalue weighted by Crippen LogP contribution is -2.26. The molecule has 1 aromatic carbocycles. The summed E-state index contributed by atoms with van der Waals surface area (Å²) in [4.78, 5) is 0. The van der Waals surface area contributed by atoms with Gasteiger partial charge in [-0.15, -0.1) is 0 Å². The minimum Gasteiger partial charge on any atom is -0.347 e. The van der Waals surface area contributed by atoms with Gasteiger partial charge in [-0.25, -0.2) is 8.42 Å². The molecule has 1 fully saturated rings. The van der Waals surface area contributed by atoms with Crippen molar-refractivity contribution in [1.82, 2.24) is 9.88 Å².